The Hall–Kier alpha value is -3.03. The molecule has 4 rings (SSSR count). The number of nitrogens with one attached hydrogen (secondary N) is 4. The fourth-order valence-corrected chi connectivity index (χ4v) is 3.86. The van der Waals surface area contributed by atoms with Crippen LogP contribution in [0.15, 0.2) is 24.3 Å². The van der Waals surface area contributed by atoms with E-state index in [0.29, 0.717) is 12.2 Å². The molecule has 0 unspecified atom stereocenters. The standard InChI is InChI=1S/C20H25N5O3/c1-11(2)21-20(27)28-13-7-6-12(8-13)17-10-18(25-24-17)22-15-4-3-5-16-14(15)9-19(26)23-16/h3-5,10-13H,6-9H2,1-2H3,(H,21,27)(H,23,26)(H2,22,24,25)/t12-,13+/m0/s1. The molecular weight excluding hydrogens is 358 g/mol. The summed E-state index contributed by atoms with van der Waals surface area (Å²) in [5.41, 5.74) is 3.72. The van der Waals surface area contributed by atoms with Gasteiger partial charge in [0.15, 0.2) is 5.82 Å². The number of anilines is 3. The lowest BCUT2D eigenvalue weighted by molar-refractivity contribution is -0.115. The maximum Gasteiger partial charge on any atom is 0.407 e. The van der Waals surface area contributed by atoms with Crippen molar-refractivity contribution in [2.75, 3.05) is 10.6 Å². The van der Waals surface area contributed by atoms with Crippen molar-refractivity contribution >= 4 is 29.2 Å². The van der Waals surface area contributed by atoms with Crippen molar-refractivity contribution in [2.45, 2.75) is 57.6 Å². The van der Waals surface area contributed by atoms with Crippen LogP contribution in [0.25, 0.3) is 0 Å². The molecule has 2 amide bonds. The van der Waals surface area contributed by atoms with E-state index in [1.807, 2.05) is 38.1 Å². The number of rotatable bonds is 5. The summed E-state index contributed by atoms with van der Waals surface area (Å²) in [7, 11) is 0. The molecule has 2 aromatic rings. The van der Waals surface area contributed by atoms with Crippen LogP contribution < -0.4 is 16.0 Å². The van der Waals surface area contributed by atoms with Crippen LogP contribution in [0, 0.1) is 0 Å². The lowest BCUT2D eigenvalue weighted by Crippen LogP contribution is -2.33. The second-order valence-electron chi connectivity index (χ2n) is 7.73. The van der Waals surface area contributed by atoms with Crippen LogP contribution in [-0.4, -0.2) is 34.3 Å². The number of carbonyl (C=O) groups excluding carboxylic acids is 2. The van der Waals surface area contributed by atoms with E-state index in [2.05, 4.69) is 26.1 Å². The summed E-state index contributed by atoms with van der Waals surface area (Å²) in [6.07, 6.45) is 2.52. The molecule has 148 valence electrons. The SMILES string of the molecule is CC(C)NC(=O)O[C@@H]1CC[C@H](c2cc(Nc3cccc4c3CC(=O)N4)n[nH]2)C1. The Morgan fingerprint density at radius 3 is 3.00 bits per heavy atom. The Morgan fingerprint density at radius 1 is 1.32 bits per heavy atom. The lowest BCUT2D eigenvalue weighted by Gasteiger charge is -2.14. The number of carbonyl (C=O) groups is 2. The van der Waals surface area contributed by atoms with Crippen molar-refractivity contribution < 1.29 is 14.3 Å². The number of aromatic nitrogens is 2. The minimum absolute atomic E-state index is 0.00506. The summed E-state index contributed by atoms with van der Waals surface area (Å²) in [4.78, 5) is 23.4. The summed E-state index contributed by atoms with van der Waals surface area (Å²) in [6, 6.07) is 7.80. The van der Waals surface area contributed by atoms with Crippen molar-refractivity contribution in [3.05, 3.63) is 35.5 Å². The van der Waals surface area contributed by atoms with Crippen LogP contribution in [0.4, 0.5) is 22.0 Å². The van der Waals surface area contributed by atoms with Crippen LogP contribution >= 0.6 is 0 Å². The van der Waals surface area contributed by atoms with Gasteiger partial charge in [-0.1, -0.05) is 6.07 Å². The molecule has 1 aliphatic heterocycles. The molecule has 0 radical (unpaired) electrons. The second-order valence-corrected chi connectivity index (χ2v) is 7.73. The predicted molar refractivity (Wildman–Crippen MR) is 106 cm³/mol. The number of nitrogens with zero attached hydrogens (tertiary/aromatic N) is 1. The fraction of sp³-hybridized carbons (Fsp3) is 0.450. The van der Waals surface area contributed by atoms with Crippen LogP contribution in [-0.2, 0) is 16.0 Å². The third-order valence-electron chi connectivity index (χ3n) is 5.15. The van der Waals surface area contributed by atoms with E-state index >= 15 is 0 Å². The third kappa shape index (κ3) is 3.95. The highest BCUT2D eigenvalue weighted by atomic mass is 16.6. The molecule has 1 aromatic carbocycles. The van der Waals surface area contributed by atoms with Gasteiger partial charge in [-0.3, -0.25) is 9.89 Å². The van der Waals surface area contributed by atoms with E-state index in [1.54, 1.807) is 0 Å². The Labute approximate surface area is 163 Å². The molecule has 2 atom stereocenters. The van der Waals surface area contributed by atoms with Gasteiger partial charge >= 0.3 is 6.09 Å². The Bertz CT molecular complexity index is 892. The largest absolute Gasteiger partial charge is 0.446 e. The van der Waals surface area contributed by atoms with Gasteiger partial charge in [0, 0.05) is 40.7 Å². The molecule has 28 heavy (non-hydrogen) atoms. The molecule has 8 heteroatoms. The number of aromatic amines is 1. The summed E-state index contributed by atoms with van der Waals surface area (Å²) in [6.45, 7) is 3.82. The predicted octanol–water partition coefficient (Wildman–Crippen LogP) is 3.42. The zero-order chi connectivity index (χ0) is 19.7. The first-order chi connectivity index (χ1) is 13.5. The number of alkyl carbamates (subject to hydrolysis) is 1. The molecule has 1 fully saturated rings. The number of fused-ring (bicyclic) bond motifs is 1. The normalized spacial score (nSPS) is 20.8. The molecule has 0 bridgehead atoms. The molecule has 8 nitrogen and oxygen atoms in total. The van der Waals surface area contributed by atoms with E-state index in [-0.39, 0.29) is 30.1 Å². The molecule has 0 saturated heterocycles. The summed E-state index contributed by atoms with van der Waals surface area (Å²) >= 11 is 0. The van der Waals surface area contributed by atoms with Gasteiger partial charge < -0.3 is 20.7 Å². The molecule has 2 aliphatic rings. The minimum atomic E-state index is -0.353. The van der Waals surface area contributed by atoms with E-state index in [1.165, 1.54) is 0 Å². The first kappa shape index (κ1) is 18.3. The zero-order valence-electron chi connectivity index (χ0n) is 16.0. The Balaban J connectivity index is 1.38. The highest BCUT2D eigenvalue weighted by Crippen LogP contribution is 2.37. The monoisotopic (exact) mass is 383 g/mol. The molecule has 1 aromatic heterocycles. The smallest absolute Gasteiger partial charge is 0.407 e. The van der Waals surface area contributed by atoms with Crippen LogP contribution in [0.1, 0.15) is 50.3 Å². The van der Waals surface area contributed by atoms with E-state index in [9.17, 15) is 9.59 Å². The fourth-order valence-electron chi connectivity index (χ4n) is 3.86. The molecule has 0 spiro atoms. The number of hydrogen-bond acceptors (Lipinski definition) is 5. The van der Waals surface area contributed by atoms with Gasteiger partial charge in [0.05, 0.1) is 6.42 Å². The number of H-pyrrole nitrogens is 1. The quantitative estimate of drug-likeness (QED) is 0.633. The summed E-state index contributed by atoms with van der Waals surface area (Å²) in [5, 5.41) is 16.4. The minimum Gasteiger partial charge on any atom is -0.446 e. The molecule has 4 N–H and O–H groups in total. The highest BCUT2D eigenvalue weighted by Gasteiger charge is 2.30. The van der Waals surface area contributed by atoms with Gasteiger partial charge in [-0.15, -0.1) is 0 Å². The van der Waals surface area contributed by atoms with Crippen LogP contribution in [0.2, 0.25) is 0 Å². The van der Waals surface area contributed by atoms with Crippen molar-refractivity contribution in [1.82, 2.24) is 15.5 Å². The van der Waals surface area contributed by atoms with Crippen molar-refractivity contribution in [1.29, 1.82) is 0 Å². The average molecular weight is 383 g/mol. The van der Waals surface area contributed by atoms with Crippen molar-refractivity contribution in [2.24, 2.45) is 0 Å². The maximum absolute atomic E-state index is 11.8. The maximum atomic E-state index is 11.8. The first-order valence-corrected chi connectivity index (χ1v) is 9.69. The van der Waals surface area contributed by atoms with Crippen molar-refractivity contribution in [3.8, 4) is 0 Å². The molecule has 1 aliphatic carbocycles. The number of amides is 2. The van der Waals surface area contributed by atoms with Crippen LogP contribution in [0.5, 0.6) is 0 Å². The topological polar surface area (TPSA) is 108 Å². The number of hydrogen-bond donors (Lipinski definition) is 4. The Kier molecular flexibility index (Phi) is 4.93. The van der Waals surface area contributed by atoms with Gasteiger partial charge in [-0.05, 0) is 45.2 Å². The molecule has 2 heterocycles. The van der Waals surface area contributed by atoms with Gasteiger partial charge in [-0.2, -0.15) is 5.10 Å². The zero-order valence-corrected chi connectivity index (χ0v) is 16.0. The van der Waals surface area contributed by atoms with Gasteiger partial charge in [-0.25, -0.2) is 4.79 Å². The van der Waals surface area contributed by atoms with Gasteiger partial charge in [0.2, 0.25) is 5.91 Å². The van der Waals surface area contributed by atoms with E-state index in [0.717, 1.165) is 41.9 Å². The number of ether oxygens (including phenoxy) is 1. The molecular formula is C20H25N5O3. The summed E-state index contributed by atoms with van der Waals surface area (Å²) in [5.74, 6) is 1.000. The van der Waals surface area contributed by atoms with E-state index in [4.69, 9.17) is 4.74 Å². The lowest BCUT2D eigenvalue weighted by atomic mass is 10.0. The van der Waals surface area contributed by atoms with Gasteiger partial charge in [0.1, 0.15) is 6.10 Å². The second kappa shape index (κ2) is 7.53. The Morgan fingerprint density at radius 2 is 2.18 bits per heavy atom. The third-order valence-corrected chi connectivity index (χ3v) is 5.15. The highest BCUT2D eigenvalue weighted by molar-refractivity contribution is 6.01. The van der Waals surface area contributed by atoms with Crippen molar-refractivity contribution in [3.63, 3.8) is 0 Å². The van der Waals surface area contributed by atoms with E-state index < -0.39 is 0 Å². The number of benzene rings is 1. The first-order valence-electron chi connectivity index (χ1n) is 9.69. The van der Waals surface area contributed by atoms with Crippen LogP contribution in [0.3, 0.4) is 0 Å². The summed E-state index contributed by atoms with van der Waals surface area (Å²) < 4.78 is 5.50. The molecule has 1 saturated carbocycles. The average Bonchev–Trinajstić information content (AvgIpc) is 3.33. The van der Waals surface area contributed by atoms with Gasteiger partial charge in [0.25, 0.3) is 0 Å².